The molecule has 0 spiro atoms. The molecule has 1 saturated carbocycles. The van der Waals surface area contributed by atoms with Gasteiger partial charge in [-0.1, -0.05) is 65.2 Å². The van der Waals surface area contributed by atoms with Gasteiger partial charge in [0.1, 0.15) is 0 Å². The summed E-state index contributed by atoms with van der Waals surface area (Å²) in [4.78, 5) is 0. The summed E-state index contributed by atoms with van der Waals surface area (Å²) in [5, 5.41) is 0.809. The lowest BCUT2D eigenvalue weighted by atomic mass is 10.1. The van der Waals surface area contributed by atoms with Crippen LogP contribution in [0.1, 0.15) is 31.2 Å². The van der Waals surface area contributed by atoms with E-state index in [4.69, 9.17) is 16.3 Å². The molecule has 0 atom stereocenters. The predicted molar refractivity (Wildman–Crippen MR) is 76.3 cm³/mol. The Hall–Kier alpha value is 0.200. The van der Waals surface area contributed by atoms with Crippen molar-refractivity contribution in [2.45, 2.75) is 37.9 Å². The van der Waals surface area contributed by atoms with Crippen LogP contribution in [0, 0.1) is 0 Å². The maximum absolute atomic E-state index is 6.12. The maximum Gasteiger partial charge on any atom is 0.0776 e. The first kappa shape index (κ1) is 12.7. The zero-order valence-electron chi connectivity index (χ0n) is 9.22. The van der Waals surface area contributed by atoms with Gasteiger partial charge in [-0.25, -0.2) is 0 Å². The van der Waals surface area contributed by atoms with E-state index in [1.165, 1.54) is 25.7 Å². The maximum atomic E-state index is 6.12. The molecular weight excluding hydrogens is 334 g/mol. The summed E-state index contributed by atoms with van der Waals surface area (Å²) in [7, 11) is 0. The number of ether oxygens (including phenoxy) is 1. The molecule has 1 nitrogen and oxygen atoms in total. The zero-order valence-corrected chi connectivity index (χ0v) is 12.1. The van der Waals surface area contributed by atoms with E-state index >= 15 is 0 Å². The molecule has 1 aromatic carbocycles. The van der Waals surface area contributed by atoms with Gasteiger partial charge in [-0.05, 0) is 24.5 Å². The highest BCUT2D eigenvalue weighted by Gasteiger charge is 2.33. The molecular formula is C13H16ClIO. The fraction of sp³-hybridized carbons (Fsp3) is 0.538. The second-order valence-electron chi connectivity index (χ2n) is 4.40. The summed E-state index contributed by atoms with van der Waals surface area (Å²) in [5.41, 5.74) is 1.21. The normalized spacial score (nSPS) is 18.9. The van der Waals surface area contributed by atoms with Crippen LogP contribution in [0.2, 0.25) is 5.02 Å². The van der Waals surface area contributed by atoms with Crippen LogP contribution in [0.4, 0.5) is 0 Å². The summed E-state index contributed by atoms with van der Waals surface area (Å²) in [6.45, 7) is 0.642. The number of rotatable bonds is 4. The Morgan fingerprint density at radius 2 is 1.94 bits per heavy atom. The van der Waals surface area contributed by atoms with Gasteiger partial charge in [-0.15, -0.1) is 0 Å². The van der Waals surface area contributed by atoms with E-state index < -0.39 is 0 Å². The quantitative estimate of drug-likeness (QED) is 0.569. The molecule has 16 heavy (non-hydrogen) atoms. The van der Waals surface area contributed by atoms with Gasteiger partial charge in [0, 0.05) is 9.45 Å². The lowest BCUT2D eigenvalue weighted by Crippen LogP contribution is -2.30. The molecule has 1 aliphatic carbocycles. The van der Waals surface area contributed by atoms with E-state index in [-0.39, 0.29) is 5.60 Å². The molecule has 2 rings (SSSR count). The highest BCUT2D eigenvalue weighted by Crippen LogP contribution is 2.36. The van der Waals surface area contributed by atoms with Crippen LogP contribution in [0.5, 0.6) is 0 Å². The van der Waals surface area contributed by atoms with Gasteiger partial charge in [0.25, 0.3) is 0 Å². The zero-order chi connectivity index (χ0) is 11.4. The first-order valence-corrected chi connectivity index (χ1v) is 7.59. The van der Waals surface area contributed by atoms with Crippen LogP contribution in [0.3, 0.4) is 0 Å². The number of benzene rings is 1. The Balaban J connectivity index is 1.98. The van der Waals surface area contributed by atoms with Crippen molar-refractivity contribution in [1.29, 1.82) is 0 Å². The molecule has 0 aromatic heterocycles. The SMILES string of the molecule is Clc1ccccc1COC1(CI)CCCC1. The van der Waals surface area contributed by atoms with Crippen molar-refractivity contribution < 1.29 is 4.74 Å². The summed E-state index contributed by atoms with van der Waals surface area (Å²) in [5.74, 6) is 0. The number of halogens is 2. The Labute approximate surface area is 116 Å². The van der Waals surface area contributed by atoms with Crippen LogP contribution < -0.4 is 0 Å². The third-order valence-corrected chi connectivity index (χ3v) is 5.01. The van der Waals surface area contributed by atoms with E-state index in [0.29, 0.717) is 6.61 Å². The van der Waals surface area contributed by atoms with Gasteiger partial charge >= 0.3 is 0 Å². The number of alkyl halides is 1. The van der Waals surface area contributed by atoms with E-state index in [2.05, 4.69) is 22.6 Å². The van der Waals surface area contributed by atoms with Crippen molar-refractivity contribution in [2.75, 3.05) is 4.43 Å². The van der Waals surface area contributed by atoms with Crippen LogP contribution >= 0.6 is 34.2 Å². The molecule has 1 aliphatic rings. The largest absolute Gasteiger partial charge is 0.369 e. The third kappa shape index (κ3) is 2.90. The minimum atomic E-state index is 0.111. The molecule has 0 heterocycles. The van der Waals surface area contributed by atoms with Crippen molar-refractivity contribution in [3.63, 3.8) is 0 Å². The van der Waals surface area contributed by atoms with Gasteiger partial charge in [-0.2, -0.15) is 0 Å². The average Bonchev–Trinajstić information content (AvgIpc) is 2.78. The summed E-state index contributed by atoms with van der Waals surface area (Å²) < 4.78 is 7.19. The molecule has 1 fully saturated rings. The molecule has 0 saturated heterocycles. The van der Waals surface area contributed by atoms with E-state index in [1.807, 2.05) is 24.3 Å². The topological polar surface area (TPSA) is 9.23 Å². The molecule has 0 aliphatic heterocycles. The minimum absolute atomic E-state index is 0.111. The summed E-state index contributed by atoms with van der Waals surface area (Å²) in [6.07, 6.45) is 4.98. The van der Waals surface area contributed by atoms with Crippen molar-refractivity contribution in [3.8, 4) is 0 Å². The molecule has 0 bridgehead atoms. The van der Waals surface area contributed by atoms with Gasteiger partial charge in [0.05, 0.1) is 12.2 Å². The van der Waals surface area contributed by atoms with Crippen LogP contribution in [-0.2, 0) is 11.3 Å². The highest BCUT2D eigenvalue weighted by atomic mass is 127. The fourth-order valence-corrected chi connectivity index (χ4v) is 3.36. The van der Waals surface area contributed by atoms with Crippen molar-refractivity contribution in [1.82, 2.24) is 0 Å². The standard InChI is InChI=1S/C13H16ClIO/c14-12-6-2-1-5-11(12)9-16-13(10-15)7-3-4-8-13/h1-2,5-6H,3-4,7-10H2. The Morgan fingerprint density at radius 1 is 1.25 bits per heavy atom. The van der Waals surface area contributed by atoms with E-state index in [9.17, 15) is 0 Å². The molecule has 0 unspecified atom stereocenters. The Kier molecular flexibility index (Phi) is 4.50. The highest BCUT2D eigenvalue weighted by molar-refractivity contribution is 14.1. The first-order valence-electron chi connectivity index (χ1n) is 5.69. The fourth-order valence-electron chi connectivity index (χ4n) is 2.18. The van der Waals surface area contributed by atoms with Gasteiger partial charge in [0.2, 0.25) is 0 Å². The molecule has 0 radical (unpaired) electrons. The lowest BCUT2D eigenvalue weighted by Gasteiger charge is -2.27. The van der Waals surface area contributed by atoms with Gasteiger partial charge in [-0.3, -0.25) is 0 Å². The second-order valence-corrected chi connectivity index (χ2v) is 5.57. The predicted octanol–water partition coefficient (Wildman–Crippen LogP) is 4.60. The molecule has 1 aromatic rings. The van der Waals surface area contributed by atoms with Crippen LogP contribution in [0.15, 0.2) is 24.3 Å². The van der Waals surface area contributed by atoms with E-state index in [1.54, 1.807) is 0 Å². The van der Waals surface area contributed by atoms with Crippen molar-refractivity contribution in [2.24, 2.45) is 0 Å². The molecule has 3 heteroatoms. The monoisotopic (exact) mass is 350 g/mol. The van der Waals surface area contributed by atoms with E-state index in [0.717, 1.165) is 15.0 Å². The molecule has 0 N–H and O–H groups in total. The van der Waals surface area contributed by atoms with Gasteiger partial charge in [0.15, 0.2) is 0 Å². The average molecular weight is 351 g/mol. The molecule has 0 amide bonds. The number of hydrogen-bond acceptors (Lipinski definition) is 1. The third-order valence-electron chi connectivity index (χ3n) is 3.25. The first-order chi connectivity index (χ1) is 7.76. The summed E-state index contributed by atoms with van der Waals surface area (Å²) >= 11 is 8.55. The smallest absolute Gasteiger partial charge is 0.0776 e. The van der Waals surface area contributed by atoms with Crippen LogP contribution in [-0.4, -0.2) is 10.0 Å². The van der Waals surface area contributed by atoms with Gasteiger partial charge < -0.3 is 4.74 Å². The Morgan fingerprint density at radius 3 is 2.56 bits per heavy atom. The summed E-state index contributed by atoms with van der Waals surface area (Å²) in [6, 6.07) is 7.93. The van der Waals surface area contributed by atoms with Crippen molar-refractivity contribution in [3.05, 3.63) is 34.9 Å². The second kappa shape index (κ2) is 5.69. The Bertz CT molecular complexity index is 348. The lowest BCUT2D eigenvalue weighted by molar-refractivity contribution is -0.0317. The van der Waals surface area contributed by atoms with Crippen LogP contribution in [0.25, 0.3) is 0 Å². The molecule has 88 valence electrons. The number of hydrogen-bond donors (Lipinski definition) is 0. The minimum Gasteiger partial charge on any atom is -0.369 e. The van der Waals surface area contributed by atoms with Crippen molar-refractivity contribution >= 4 is 34.2 Å².